The summed E-state index contributed by atoms with van der Waals surface area (Å²) in [6.45, 7) is 9.69. The van der Waals surface area contributed by atoms with Gasteiger partial charge in [-0.15, -0.1) is 0 Å². The van der Waals surface area contributed by atoms with E-state index < -0.39 is 5.60 Å². The van der Waals surface area contributed by atoms with Crippen molar-refractivity contribution in [3.05, 3.63) is 35.1 Å². The summed E-state index contributed by atoms with van der Waals surface area (Å²) in [7, 11) is 0. The van der Waals surface area contributed by atoms with Crippen LogP contribution in [-0.2, 0) is 11.3 Å². The molecule has 0 bridgehead atoms. The van der Waals surface area contributed by atoms with Gasteiger partial charge in [0.1, 0.15) is 11.4 Å². The first-order valence-corrected chi connectivity index (χ1v) is 8.21. The second kappa shape index (κ2) is 7.30. The van der Waals surface area contributed by atoms with Crippen molar-refractivity contribution in [1.29, 1.82) is 0 Å². The minimum atomic E-state index is -0.452. The molecule has 1 aliphatic rings. The zero-order valence-electron chi connectivity index (χ0n) is 14.5. The molecule has 1 heterocycles. The van der Waals surface area contributed by atoms with Gasteiger partial charge in [-0.25, -0.2) is 9.18 Å². The Morgan fingerprint density at radius 2 is 2.00 bits per heavy atom. The van der Waals surface area contributed by atoms with Gasteiger partial charge in [-0.2, -0.15) is 0 Å². The minimum Gasteiger partial charge on any atom is -0.444 e. The van der Waals surface area contributed by atoms with Gasteiger partial charge in [-0.1, -0.05) is 6.07 Å². The molecule has 1 fully saturated rings. The predicted molar refractivity (Wildman–Crippen MR) is 88.8 cm³/mol. The maximum atomic E-state index is 13.1. The van der Waals surface area contributed by atoms with Crippen molar-refractivity contribution in [2.45, 2.75) is 58.7 Å². The lowest BCUT2D eigenvalue weighted by molar-refractivity contribution is 0.0198. The molecule has 0 spiro atoms. The number of rotatable bonds is 3. The van der Waals surface area contributed by atoms with Gasteiger partial charge in [0.25, 0.3) is 0 Å². The lowest BCUT2D eigenvalue weighted by Gasteiger charge is -2.33. The fourth-order valence-corrected chi connectivity index (χ4v) is 2.70. The maximum absolute atomic E-state index is 13.1. The Balaban J connectivity index is 1.77. The van der Waals surface area contributed by atoms with E-state index in [1.165, 1.54) is 6.07 Å². The third-order valence-electron chi connectivity index (χ3n) is 4.03. The zero-order valence-corrected chi connectivity index (χ0v) is 14.5. The van der Waals surface area contributed by atoms with Gasteiger partial charge in [-0.05, 0) is 63.8 Å². The monoisotopic (exact) mass is 322 g/mol. The van der Waals surface area contributed by atoms with Crippen molar-refractivity contribution in [2.24, 2.45) is 0 Å². The van der Waals surface area contributed by atoms with Gasteiger partial charge in [-0.3, -0.25) is 0 Å². The molecule has 23 heavy (non-hydrogen) atoms. The third kappa shape index (κ3) is 5.50. The van der Waals surface area contributed by atoms with Gasteiger partial charge < -0.3 is 15.0 Å². The summed E-state index contributed by atoms with van der Waals surface area (Å²) in [5.41, 5.74) is 1.62. The van der Waals surface area contributed by atoms with E-state index in [0.29, 0.717) is 19.1 Å². The number of hydrogen-bond acceptors (Lipinski definition) is 3. The Bertz CT molecular complexity index is 546. The van der Waals surface area contributed by atoms with E-state index in [0.717, 1.165) is 30.5 Å². The smallest absolute Gasteiger partial charge is 0.410 e. The number of amides is 1. The summed E-state index contributed by atoms with van der Waals surface area (Å²) in [6, 6.07) is 5.25. The van der Waals surface area contributed by atoms with Crippen LogP contribution in [0.4, 0.5) is 9.18 Å². The number of carbonyl (C=O) groups excluding carboxylic acids is 1. The van der Waals surface area contributed by atoms with E-state index in [1.54, 1.807) is 11.0 Å². The number of carbonyl (C=O) groups is 1. The number of nitrogens with zero attached hydrogens (tertiary/aromatic N) is 1. The molecule has 1 aromatic rings. The molecule has 1 N–H and O–H groups in total. The van der Waals surface area contributed by atoms with E-state index in [4.69, 9.17) is 4.74 Å². The second-order valence-electron chi connectivity index (χ2n) is 7.19. The highest BCUT2D eigenvalue weighted by Crippen LogP contribution is 2.16. The van der Waals surface area contributed by atoms with Crippen LogP contribution in [0, 0.1) is 12.7 Å². The molecule has 2 rings (SSSR count). The van der Waals surface area contributed by atoms with Crippen LogP contribution in [-0.4, -0.2) is 35.7 Å². The number of likely N-dealkylation sites (tertiary alicyclic amines) is 1. The number of nitrogens with one attached hydrogen (secondary N) is 1. The quantitative estimate of drug-likeness (QED) is 0.924. The van der Waals surface area contributed by atoms with Crippen LogP contribution >= 0.6 is 0 Å². The molecule has 0 radical (unpaired) electrons. The molecule has 0 unspecified atom stereocenters. The van der Waals surface area contributed by atoms with Gasteiger partial charge in [0, 0.05) is 25.7 Å². The Kier molecular flexibility index (Phi) is 5.63. The standard InChI is InChI=1S/C18H27FN2O2/c1-13-11-15(19)6-5-14(13)12-20-16-7-9-21(10-8-16)17(22)23-18(2,3)4/h5-6,11,16,20H,7-10,12H2,1-4H3. The summed E-state index contributed by atoms with van der Waals surface area (Å²) in [6.07, 6.45) is 1.57. The van der Waals surface area contributed by atoms with E-state index in [2.05, 4.69) is 5.32 Å². The number of benzene rings is 1. The molecule has 5 heteroatoms. The molecule has 128 valence electrons. The molecule has 1 aromatic carbocycles. The second-order valence-corrected chi connectivity index (χ2v) is 7.19. The zero-order chi connectivity index (χ0) is 17.0. The maximum Gasteiger partial charge on any atom is 0.410 e. The number of ether oxygens (including phenoxy) is 1. The Labute approximate surface area is 138 Å². The number of piperidine rings is 1. The van der Waals surface area contributed by atoms with Crippen LogP contribution < -0.4 is 5.32 Å². The molecule has 1 amide bonds. The van der Waals surface area contributed by atoms with Crippen molar-refractivity contribution in [3.63, 3.8) is 0 Å². The molecule has 0 aromatic heterocycles. The molecule has 1 saturated heterocycles. The fourth-order valence-electron chi connectivity index (χ4n) is 2.70. The molecular weight excluding hydrogens is 295 g/mol. The van der Waals surface area contributed by atoms with E-state index in [-0.39, 0.29) is 11.9 Å². The molecular formula is C18H27FN2O2. The average molecular weight is 322 g/mol. The normalized spacial score (nSPS) is 16.5. The predicted octanol–water partition coefficient (Wildman–Crippen LogP) is 3.62. The summed E-state index contributed by atoms with van der Waals surface area (Å²) in [5, 5.41) is 3.50. The highest BCUT2D eigenvalue weighted by Gasteiger charge is 2.26. The lowest BCUT2D eigenvalue weighted by Crippen LogP contribution is -2.46. The van der Waals surface area contributed by atoms with Crippen LogP contribution in [0.15, 0.2) is 18.2 Å². The topological polar surface area (TPSA) is 41.6 Å². The van der Waals surface area contributed by atoms with Crippen molar-refractivity contribution in [3.8, 4) is 0 Å². The molecule has 0 aliphatic carbocycles. The molecule has 0 atom stereocenters. The lowest BCUT2D eigenvalue weighted by atomic mass is 10.0. The SMILES string of the molecule is Cc1cc(F)ccc1CNC1CCN(C(=O)OC(C)(C)C)CC1. The Hall–Kier alpha value is -1.62. The van der Waals surface area contributed by atoms with Crippen LogP contribution in [0.25, 0.3) is 0 Å². The molecule has 1 aliphatic heterocycles. The van der Waals surface area contributed by atoms with E-state index in [9.17, 15) is 9.18 Å². The van der Waals surface area contributed by atoms with Crippen molar-refractivity contribution < 1.29 is 13.9 Å². The first kappa shape index (κ1) is 17.7. The first-order valence-electron chi connectivity index (χ1n) is 8.21. The first-order chi connectivity index (χ1) is 10.7. The van der Waals surface area contributed by atoms with Crippen molar-refractivity contribution in [2.75, 3.05) is 13.1 Å². The minimum absolute atomic E-state index is 0.197. The van der Waals surface area contributed by atoms with Gasteiger partial charge in [0.15, 0.2) is 0 Å². The van der Waals surface area contributed by atoms with Gasteiger partial charge in [0.2, 0.25) is 0 Å². The van der Waals surface area contributed by atoms with Crippen LogP contribution in [0.2, 0.25) is 0 Å². The summed E-state index contributed by atoms with van der Waals surface area (Å²) >= 11 is 0. The fraction of sp³-hybridized carbons (Fsp3) is 0.611. The number of aryl methyl sites for hydroxylation is 1. The summed E-state index contributed by atoms with van der Waals surface area (Å²) in [4.78, 5) is 13.8. The van der Waals surface area contributed by atoms with Crippen LogP contribution in [0.3, 0.4) is 0 Å². The Morgan fingerprint density at radius 1 is 1.35 bits per heavy atom. The van der Waals surface area contributed by atoms with E-state index in [1.807, 2.05) is 33.8 Å². The van der Waals surface area contributed by atoms with E-state index >= 15 is 0 Å². The van der Waals surface area contributed by atoms with Crippen molar-refractivity contribution in [1.82, 2.24) is 10.2 Å². The van der Waals surface area contributed by atoms with Gasteiger partial charge >= 0.3 is 6.09 Å². The largest absolute Gasteiger partial charge is 0.444 e. The molecule has 4 nitrogen and oxygen atoms in total. The van der Waals surface area contributed by atoms with Gasteiger partial charge in [0.05, 0.1) is 0 Å². The molecule has 0 saturated carbocycles. The van der Waals surface area contributed by atoms with Crippen LogP contribution in [0.1, 0.15) is 44.7 Å². The Morgan fingerprint density at radius 3 is 2.57 bits per heavy atom. The van der Waals surface area contributed by atoms with Crippen LogP contribution in [0.5, 0.6) is 0 Å². The average Bonchev–Trinajstić information content (AvgIpc) is 2.45. The third-order valence-corrected chi connectivity index (χ3v) is 4.03. The van der Waals surface area contributed by atoms with Crippen molar-refractivity contribution >= 4 is 6.09 Å². The number of halogens is 1. The highest BCUT2D eigenvalue weighted by atomic mass is 19.1. The highest BCUT2D eigenvalue weighted by molar-refractivity contribution is 5.68. The summed E-state index contributed by atoms with van der Waals surface area (Å²) in [5.74, 6) is -0.197. The summed E-state index contributed by atoms with van der Waals surface area (Å²) < 4.78 is 18.5. The number of hydrogen-bond donors (Lipinski definition) is 1.